The summed E-state index contributed by atoms with van der Waals surface area (Å²) in [6, 6.07) is -1.36. The highest BCUT2D eigenvalue weighted by molar-refractivity contribution is 7.93. The quantitative estimate of drug-likeness (QED) is 0.791. The van der Waals surface area contributed by atoms with E-state index in [-0.39, 0.29) is 25.3 Å². The van der Waals surface area contributed by atoms with E-state index in [1.807, 2.05) is 0 Å². The van der Waals surface area contributed by atoms with Crippen molar-refractivity contribution in [1.82, 2.24) is 10.2 Å². The van der Waals surface area contributed by atoms with Gasteiger partial charge in [-0.15, -0.1) is 0 Å². The van der Waals surface area contributed by atoms with E-state index in [0.29, 0.717) is 0 Å². The van der Waals surface area contributed by atoms with Crippen molar-refractivity contribution in [2.75, 3.05) is 12.8 Å². The average molecular weight is 396 g/mol. The standard InChI is InChI=1S/C17H27F3N2O3S/c1-12(8-10-26(2,24)25)21-16(23)22-9-7-14(17(18,19)20)11-15(22)13-5-3-4-6-13/h8,10,12-15H,3-7,9,11H2,1-2H3,(H,21,23)/b10-8+/t12?,14-,15+/m0/s1. The summed E-state index contributed by atoms with van der Waals surface area (Å²) < 4.78 is 61.8. The van der Waals surface area contributed by atoms with Crippen molar-refractivity contribution in [2.45, 2.75) is 63.7 Å². The van der Waals surface area contributed by atoms with Crippen LogP contribution in [0.4, 0.5) is 18.0 Å². The molecule has 1 heterocycles. The van der Waals surface area contributed by atoms with Crippen molar-refractivity contribution in [1.29, 1.82) is 0 Å². The Bertz CT molecular complexity index is 628. The third-order valence-electron chi connectivity index (χ3n) is 5.28. The molecule has 1 aliphatic carbocycles. The van der Waals surface area contributed by atoms with Crippen LogP contribution < -0.4 is 5.32 Å². The molecule has 150 valence electrons. The van der Waals surface area contributed by atoms with Crippen molar-refractivity contribution in [2.24, 2.45) is 11.8 Å². The van der Waals surface area contributed by atoms with Crippen LogP contribution in [0.2, 0.25) is 0 Å². The van der Waals surface area contributed by atoms with Crippen LogP contribution in [0.3, 0.4) is 0 Å². The number of rotatable bonds is 4. The Morgan fingerprint density at radius 1 is 1.23 bits per heavy atom. The zero-order valence-corrected chi connectivity index (χ0v) is 15.9. The van der Waals surface area contributed by atoms with Gasteiger partial charge in [-0.05, 0) is 38.5 Å². The SMILES string of the molecule is CC(/C=C/S(C)(=O)=O)NC(=O)N1CC[C@H](C(F)(F)F)C[C@@H]1C1CCCC1. The molecule has 1 saturated carbocycles. The molecule has 1 unspecified atom stereocenters. The Labute approximate surface area is 152 Å². The first kappa shape index (κ1) is 21.1. The number of carbonyl (C=O) groups excluding carboxylic acids is 1. The van der Waals surface area contributed by atoms with Crippen LogP contribution >= 0.6 is 0 Å². The van der Waals surface area contributed by atoms with Crippen LogP contribution in [-0.4, -0.2) is 50.4 Å². The fourth-order valence-electron chi connectivity index (χ4n) is 3.92. The molecule has 0 radical (unpaired) electrons. The van der Waals surface area contributed by atoms with Crippen molar-refractivity contribution in [3.05, 3.63) is 11.5 Å². The molecular weight excluding hydrogens is 369 g/mol. The Hall–Kier alpha value is -1.25. The van der Waals surface area contributed by atoms with Gasteiger partial charge in [0.25, 0.3) is 0 Å². The summed E-state index contributed by atoms with van der Waals surface area (Å²) in [6.45, 7) is 1.70. The third-order valence-corrected chi connectivity index (χ3v) is 5.93. The maximum absolute atomic E-state index is 13.2. The highest BCUT2D eigenvalue weighted by Crippen LogP contribution is 2.42. The smallest absolute Gasteiger partial charge is 0.332 e. The number of nitrogens with one attached hydrogen (secondary N) is 1. The maximum atomic E-state index is 13.2. The van der Waals surface area contributed by atoms with Crippen molar-refractivity contribution < 1.29 is 26.4 Å². The fraction of sp³-hybridized carbons (Fsp3) is 0.824. The van der Waals surface area contributed by atoms with Gasteiger partial charge in [0.1, 0.15) is 0 Å². The highest BCUT2D eigenvalue weighted by Gasteiger charge is 2.47. The van der Waals surface area contributed by atoms with Gasteiger partial charge in [0, 0.05) is 30.3 Å². The van der Waals surface area contributed by atoms with E-state index in [4.69, 9.17) is 0 Å². The molecule has 2 fully saturated rings. The van der Waals surface area contributed by atoms with E-state index in [9.17, 15) is 26.4 Å². The summed E-state index contributed by atoms with van der Waals surface area (Å²) in [6.07, 6.45) is 1.72. The molecule has 0 spiro atoms. The normalized spacial score (nSPS) is 27.0. The van der Waals surface area contributed by atoms with Gasteiger partial charge in [-0.3, -0.25) is 0 Å². The van der Waals surface area contributed by atoms with Gasteiger partial charge >= 0.3 is 12.2 Å². The minimum atomic E-state index is -4.23. The van der Waals surface area contributed by atoms with E-state index >= 15 is 0 Å². The summed E-state index contributed by atoms with van der Waals surface area (Å²) in [5.41, 5.74) is 0. The minimum Gasteiger partial charge on any atom is -0.332 e. The van der Waals surface area contributed by atoms with Gasteiger partial charge in [-0.1, -0.05) is 18.9 Å². The molecule has 3 atom stereocenters. The minimum absolute atomic E-state index is 0.0465. The predicted octanol–water partition coefficient (Wildman–Crippen LogP) is 3.48. The number of hydrogen-bond acceptors (Lipinski definition) is 3. The molecule has 0 aromatic carbocycles. The van der Waals surface area contributed by atoms with Crippen LogP contribution in [0, 0.1) is 11.8 Å². The van der Waals surface area contributed by atoms with E-state index < -0.39 is 40.0 Å². The van der Waals surface area contributed by atoms with Crippen LogP contribution in [-0.2, 0) is 9.84 Å². The zero-order chi connectivity index (χ0) is 19.5. The Balaban J connectivity index is 2.07. The molecule has 2 aliphatic rings. The van der Waals surface area contributed by atoms with E-state index in [1.165, 1.54) is 11.0 Å². The lowest BCUT2D eigenvalue weighted by Gasteiger charge is -2.43. The number of nitrogens with zero attached hydrogens (tertiary/aromatic N) is 1. The van der Waals surface area contributed by atoms with Crippen molar-refractivity contribution in [3.63, 3.8) is 0 Å². The largest absolute Gasteiger partial charge is 0.391 e. The predicted molar refractivity (Wildman–Crippen MR) is 93.2 cm³/mol. The Morgan fingerprint density at radius 3 is 2.38 bits per heavy atom. The van der Waals surface area contributed by atoms with Gasteiger partial charge in [-0.2, -0.15) is 13.2 Å². The monoisotopic (exact) mass is 396 g/mol. The Kier molecular flexibility index (Phi) is 6.63. The highest BCUT2D eigenvalue weighted by atomic mass is 32.2. The molecule has 0 bridgehead atoms. The van der Waals surface area contributed by atoms with Gasteiger partial charge in [0.2, 0.25) is 0 Å². The molecule has 1 saturated heterocycles. The van der Waals surface area contributed by atoms with E-state index in [2.05, 4.69) is 5.32 Å². The third kappa shape index (κ3) is 5.89. The number of likely N-dealkylation sites (tertiary alicyclic amines) is 1. The number of sulfone groups is 1. The van der Waals surface area contributed by atoms with E-state index in [0.717, 1.165) is 37.3 Å². The van der Waals surface area contributed by atoms with Gasteiger partial charge in [-0.25, -0.2) is 13.2 Å². The number of carbonyl (C=O) groups is 1. The molecule has 0 aromatic rings. The van der Waals surface area contributed by atoms with E-state index in [1.54, 1.807) is 6.92 Å². The summed E-state index contributed by atoms with van der Waals surface area (Å²) >= 11 is 0. The number of piperidine rings is 1. The lowest BCUT2D eigenvalue weighted by atomic mass is 9.83. The first-order valence-electron chi connectivity index (χ1n) is 8.99. The molecule has 5 nitrogen and oxygen atoms in total. The second-order valence-corrected chi connectivity index (χ2v) is 9.40. The second kappa shape index (κ2) is 8.19. The second-order valence-electron chi connectivity index (χ2n) is 7.46. The summed E-state index contributed by atoms with van der Waals surface area (Å²) in [4.78, 5) is 14.1. The molecule has 0 aromatic heterocycles. The number of amides is 2. The summed E-state index contributed by atoms with van der Waals surface area (Å²) in [7, 11) is -3.30. The van der Waals surface area contributed by atoms with Crippen LogP contribution in [0.5, 0.6) is 0 Å². The van der Waals surface area contributed by atoms with Crippen LogP contribution in [0.15, 0.2) is 11.5 Å². The van der Waals surface area contributed by atoms with Gasteiger partial charge in [0.05, 0.1) is 5.92 Å². The number of urea groups is 1. The summed E-state index contributed by atoms with van der Waals surface area (Å²) in [5.74, 6) is -1.26. The average Bonchev–Trinajstić information content (AvgIpc) is 3.05. The van der Waals surface area contributed by atoms with Crippen molar-refractivity contribution >= 4 is 15.9 Å². The topological polar surface area (TPSA) is 66.5 Å². The zero-order valence-electron chi connectivity index (χ0n) is 15.1. The molecule has 9 heteroatoms. The first-order valence-corrected chi connectivity index (χ1v) is 10.9. The van der Waals surface area contributed by atoms with Crippen LogP contribution in [0.1, 0.15) is 45.4 Å². The number of alkyl halides is 3. The Morgan fingerprint density at radius 2 is 1.85 bits per heavy atom. The van der Waals surface area contributed by atoms with Crippen LogP contribution in [0.25, 0.3) is 0 Å². The molecule has 1 aliphatic heterocycles. The molecule has 26 heavy (non-hydrogen) atoms. The van der Waals surface area contributed by atoms with Gasteiger partial charge in [0.15, 0.2) is 9.84 Å². The lowest BCUT2D eigenvalue weighted by Crippen LogP contribution is -2.55. The summed E-state index contributed by atoms with van der Waals surface area (Å²) in [5, 5.41) is 3.70. The molecule has 2 amide bonds. The maximum Gasteiger partial charge on any atom is 0.391 e. The van der Waals surface area contributed by atoms with Crippen molar-refractivity contribution in [3.8, 4) is 0 Å². The lowest BCUT2D eigenvalue weighted by molar-refractivity contribution is -0.189. The molecule has 2 rings (SSSR count). The molecular formula is C17H27F3N2O3S. The number of halogens is 3. The number of hydrogen-bond donors (Lipinski definition) is 1. The van der Waals surface area contributed by atoms with Gasteiger partial charge < -0.3 is 10.2 Å². The molecule has 1 N–H and O–H groups in total. The fourth-order valence-corrected chi connectivity index (χ4v) is 4.44. The first-order chi connectivity index (χ1) is 12.0.